The predicted molar refractivity (Wildman–Crippen MR) is 127 cm³/mol. The van der Waals surface area contributed by atoms with Gasteiger partial charge in [0.25, 0.3) is 5.91 Å². The SMILES string of the molecule is O=C(Nc1cc(F)cc(C(=O)N2CCCC2C(=O)O)c1)OCC1c2ccccc2-c2ccccc21. The molecule has 1 atom stereocenters. The molecule has 0 saturated carbocycles. The van der Waals surface area contributed by atoms with E-state index in [9.17, 15) is 23.9 Å². The predicted octanol–water partition coefficient (Wildman–Crippen LogP) is 4.88. The van der Waals surface area contributed by atoms with Gasteiger partial charge in [-0.25, -0.2) is 14.0 Å². The fourth-order valence-corrected chi connectivity index (χ4v) is 4.97. The van der Waals surface area contributed by atoms with Crippen molar-refractivity contribution in [2.75, 3.05) is 18.5 Å². The maximum absolute atomic E-state index is 14.3. The van der Waals surface area contributed by atoms with Crippen LogP contribution in [-0.2, 0) is 9.53 Å². The number of halogens is 1. The second kappa shape index (κ2) is 9.21. The van der Waals surface area contributed by atoms with Gasteiger partial charge >= 0.3 is 12.1 Å². The molecular weight excluding hydrogens is 451 g/mol. The van der Waals surface area contributed by atoms with E-state index >= 15 is 0 Å². The lowest BCUT2D eigenvalue weighted by Gasteiger charge is -2.21. The first-order valence-electron chi connectivity index (χ1n) is 11.4. The topological polar surface area (TPSA) is 95.9 Å². The Hall–Kier alpha value is -4.20. The van der Waals surface area contributed by atoms with Crippen molar-refractivity contribution in [2.45, 2.75) is 24.8 Å². The summed E-state index contributed by atoms with van der Waals surface area (Å²) in [6.07, 6.45) is 0.130. The summed E-state index contributed by atoms with van der Waals surface area (Å²) in [7, 11) is 0. The smallest absolute Gasteiger partial charge is 0.411 e. The summed E-state index contributed by atoms with van der Waals surface area (Å²) < 4.78 is 19.8. The summed E-state index contributed by atoms with van der Waals surface area (Å²) in [5.41, 5.74) is 4.36. The van der Waals surface area contributed by atoms with Crippen LogP contribution in [-0.4, -0.2) is 47.2 Å². The minimum absolute atomic E-state index is 0.0351. The van der Waals surface area contributed by atoms with E-state index < -0.39 is 29.8 Å². The summed E-state index contributed by atoms with van der Waals surface area (Å²) in [5.74, 6) is -2.54. The summed E-state index contributed by atoms with van der Waals surface area (Å²) in [4.78, 5) is 38.0. The summed E-state index contributed by atoms with van der Waals surface area (Å²) in [6, 6.07) is 18.4. The standard InChI is InChI=1S/C27H23FN2O5/c28-17-12-16(25(31)30-11-5-10-24(30)26(32)33)13-18(14-17)29-27(34)35-15-23-21-8-3-1-6-19(21)20-7-2-4-9-22(20)23/h1-4,6-9,12-14,23-24H,5,10-11,15H2,(H,29,34)(H,32,33). The highest BCUT2D eigenvalue weighted by molar-refractivity contribution is 5.98. The fraction of sp³-hybridized carbons (Fsp3) is 0.222. The van der Waals surface area contributed by atoms with Crippen molar-refractivity contribution in [1.82, 2.24) is 4.90 Å². The van der Waals surface area contributed by atoms with Crippen LogP contribution >= 0.6 is 0 Å². The zero-order valence-electron chi connectivity index (χ0n) is 18.7. The molecule has 1 fully saturated rings. The molecule has 0 bridgehead atoms. The van der Waals surface area contributed by atoms with Gasteiger partial charge in [-0.15, -0.1) is 0 Å². The minimum Gasteiger partial charge on any atom is -0.480 e. The number of nitrogens with one attached hydrogen (secondary N) is 1. The molecule has 1 unspecified atom stereocenters. The molecule has 1 aliphatic carbocycles. The third-order valence-electron chi connectivity index (χ3n) is 6.53. The minimum atomic E-state index is -1.09. The van der Waals surface area contributed by atoms with Gasteiger partial charge in [0, 0.05) is 23.7 Å². The van der Waals surface area contributed by atoms with Crippen molar-refractivity contribution in [3.63, 3.8) is 0 Å². The summed E-state index contributed by atoms with van der Waals surface area (Å²) in [5, 5.41) is 11.8. The Bertz CT molecular complexity index is 1280. The lowest BCUT2D eigenvalue weighted by Crippen LogP contribution is -2.40. The first-order valence-corrected chi connectivity index (χ1v) is 11.4. The number of amides is 2. The van der Waals surface area contributed by atoms with Gasteiger partial charge < -0.3 is 14.7 Å². The number of carboxylic acids is 1. The van der Waals surface area contributed by atoms with Gasteiger partial charge in [-0.1, -0.05) is 48.5 Å². The van der Waals surface area contributed by atoms with E-state index in [0.29, 0.717) is 12.8 Å². The molecule has 3 aromatic rings. The van der Waals surface area contributed by atoms with Crippen molar-refractivity contribution in [1.29, 1.82) is 0 Å². The van der Waals surface area contributed by atoms with E-state index in [1.807, 2.05) is 48.5 Å². The van der Waals surface area contributed by atoms with Crippen molar-refractivity contribution >= 4 is 23.7 Å². The van der Waals surface area contributed by atoms with Crippen molar-refractivity contribution < 1.29 is 28.6 Å². The number of carboxylic acid groups (broad SMARTS) is 1. The first kappa shape index (κ1) is 22.6. The molecule has 2 amide bonds. The van der Waals surface area contributed by atoms with E-state index in [1.165, 1.54) is 11.0 Å². The summed E-state index contributed by atoms with van der Waals surface area (Å²) in [6.45, 7) is 0.372. The van der Waals surface area contributed by atoms with Gasteiger partial charge in [0.1, 0.15) is 18.5 Å². The van der Waals surface area contributed by atoms with Crippen molar-refractivity contribution in [2.24, 2.45) is 0 Å². The van der Waals surface area contributed by atoms with Crippen LogP contribution in [0, 0.1) is 5.82 Å². The number of ether oxygens (including phenoxy) is 1. The Morgan fingerprint density at radius 3 is 2.31 bits per heavy atom. The average molecular weight is 474 g/mol. The van der Waals surface area contributed by atoms with Crippen molar-refractivity contribution in [3.05, 3.63) is 89.2 Å². The van der Waals surface area contributed by atoms with Crippen LogP contribution in [0.5, 0.6) is 0 Å². The average Bonchev–Trinajstić information content (AvgIpc) is 3.45. The molecule has 1 saturated heterocycles. The molecule has 3 aromatic carbocycles. The zero-order chi connectivity index (χ0) is 24.5. The van der Waals surface area contributed by atoms with Gasteiger partial charge in [-0.2, -0.15) is 0 Å². The van der Waals surface area contributed by atoms with E-state index in [0.717, 1.165) is 34.4 Å². The molecule has 8 heteroatoms. The maximum Gasteiger partial charge on any atom is 0.411 e. The number of hydrogen-bond acceptors (Lipinski definition) is 4. The molecule has 2 aliphatic rings. The second-order valence-corrected chi connectivity index (χ2v) is 8.67. The van der Waals surface area contributed by atoms with Crippen LogP contribution in [0.25, 0.3) is 11.1 Å². The Labute approximate surface area is 201 Å². The molecule has 0 radical (unpaired) electrons. The highest BCUT2D eigenvalue weighted by Crippen LogP contribution is 2.44. The van der Waals surface area contributed by atoms with Crippen molar-refractivity contribution in [3.8, 4) is 11.1 Å². The normalized spacial score (nSPS) is 16.5. The Morgan fingerprint density at radius 1 is 1.00 bits per heavy atom. The molecule has 2 N–H and O–H groups in total. The number of hydrogen-bond donors (Lipinski definition) is 2. The zero-order valence-corrected chi connectivity index (χ0v) is 18.7. The van der Waals surface area contributed by atoms with E-state index in [1.54, 1.807) is 0 Å². The van der Waals surface area contributed by atoms with Gasteiger partial charge in [0.2, 0.25) is 0 Å². The lowest BCUT2D eigenvalue weighted by atomic mass is 9.98. The molecule has 5 rings (SSSR count). The van der Waals surface area contributed by atoms with E-state index in [2.05, 4.69) is 5.32 Å². The van der Waals surface area contributed by atoms with E-state index in [-0.39, 0.29) is 30.3 Å². The number of aliphatic carboxylic acids is 1. The van der Waals surface area contributed by atoms with Crippen LogP contribution in [0.4, 0.5) is 14.9 Å². The molecule has 0 spiro atoms. The largest absolute Gasteiger partial charge is 0.480 e. The lowest BCUT2D eigenvalue weighted by molar-refractivity contribution is -0.141. The Balaban J connectivity index is 1.28. The molecule has 35 heavy (non-hydrogen) atoms. The quantitative estimate of drug-likeness (QED) is 0.550. The molecule has 1 heterocycles. The monoisotopic (exact) mass is 474 g/mol. The fourth-order valence-electron chi connectivity index (χ4n) is 4.97. The van der Waals surface area contributed by atoms with Gasteiger partial charge in [0.15, 0.2) is 0 Å². The van der Waals surface area contributed by atoms with Crippen LogP contribution in [0.1, 0.15) is 40.2 Å². The van der Waals surface area contributed by atoms with Crippen LogP contribution in [0.3, 0.4) is 0 Å². The number of nitrogens with zero attached hydrogens (tertiary/aromatic N) is 1. The number of carbonyl (C=O) groups excluding carboxylic acids is 2. The number of likely N-dealkylation sites (tertiary alicyclic amines) is 1. The Morgan fingerprint density at radius 2 is 1.66 bits per heavy atom. The van der Waals surface area contributed by atoms with Gasteiger partial charge in [-0.05, 0) is 53.3 Å². The van der Waals surface area contributed by atoms with E-state index in [4.69, 9.17) is 4.74 Å². The highest BCUT2D eigenvalue weighted by atomic mass is 19.1. The van der Waals surface area contributed by atoms with Gasteiger partial charge in [-0.3, -0.25) is 10.1 Å². The molecular formula is C27H23FN2O5. The third kappa shape index (κ3) is 4.35. The molecule has 178 valence electrons. The van der Waals surface area contributed by atoms with Gasteiger partial charge in [0.05, 0.1) is 0 Å². The third-order valence-corrected chi connectivity index (χ3v) is 6.53. The molecule has 7 nitrogen and oxygen atoms in total. The van der Waals surface area contributed by atoms with Crippen LogP contribution in [0.15, 0.2) is 66.7 Å². The number of anilines is 1. The maximum atomic E-state index is 14.3. The number of carbonyl (C=O) groups is 3. The summed E-state index contributed by atoms with van der Waals surface area (Å²) >= 11 is 0. The van der Waals surface area contributed by atoms with Crippen LogP contribution < -0.4 is 5.32 Å². The number of rotatable bonds is 5. The Kier molecular flexibility index (Phi) is 5.94. The highest BCUT2D eigenvalue weighted by Gasteiger charge is 2.35. The molecule has 1 aliphatic heterocycles. The van der Waals surface area contributed by atoms with Crippen LogP contribution in [0.2, 0.25) is 0 Å². The number of benzene rings is 3. The molecule has 0 aromatic heterocycles. The second-order valence-electron chi connectivity index (χ2n) is 8.67. The first-order chi connectivity index (χ1) is 16.9. The number of fused-ring (bicyclic) bond motifs is 3.